The highest BCUT2D eigenvalue weighted by Gasteiger charge is 2.28. The SMILES string of the molecule is O=C(c1cc([N+](=O)[O-])ccc1N1CCOCC1)N(Cc1cccs1)CC1CCCO1. The van der Waals surface area contributed by atoms with Gasteiger partial charge in [-0.1, -0.05) is 6.07 Å². The molecule has 160 valence electrons. The number of nitro benzene ring substituents is 1. The van der Waals surface area contributed by atoms with E-state index < -0.39 is 4.92 Å². The Bertz CT molecular complexity index is 877. The Balaban J connectivity index is 1.67. The summed E-state index contributed by atoms with van der Waals surface area (Å²) in [5.41, 5.74) is 1.00. The predicted molar refractivity (Wildman–Crippen MR) is 114 cm³/mol. The lowest BCUT2D eigenvalue weighted by Crippen LogP contribution is -2.40. The molecule has 9 heteroatoms. The number of amides is 1. The minimum Gasteiger partial charge on any atom is -0.378 e. The van der Waals surface area contributed by atoms with Crippen molar-refractivity contribution in [2.75, 3.05) is 44.4 Å². The molecule has 2 saturated heterocycles. The molecular weight excluding hydrogens is 406 g/mol. The number of nitrogens with zero attached hydrogens (tertiary/aromatic N) is 3. The maximum Gasteiger partial charge on any atom is 0.270 e. The van der Waals surface area contributed by atoms with Crippen LogP contribution in [0.15, 0.2) is 35.7 Å². The summed E-state index contributed by atoms with van der Waals surface area (Å²) in [6, 6.07) is 8.51. The monoisotopic (exact) mass is 431 g/mol. The Morgan fingerprint density at radius 1 is 1.27 bits per heavy atom. The van der Waals surface area contributed by atoms with Crippen LogP contribution in [0.3, 0.4) is 0 Å². The number of nitro groups is 1. The van der Waals surface area contributed by atoms with E-state index in [1.165, 1.54) is 12.1 Å². The molecule has 2 aromatic rings. The highest BCUT2D eigenvalue weighted by atomic mass is 32.1. The first-order valence-corrected chi connectivity index (χ1v) is 11.0. The minimum absolute atomic E-state index is 0.000512. The van der Waals surface area contributed by atoms with Gasteiger partial charge in [0.1, 0.15) is 0 Å². The van der Waals surface area contributed by atoms with Crippen molar-refractivity contribution in [2.24, 2.45) is 0 Å². The predicted octanol–water partition coefficient (Wildman–Crippen LogP) is 3.31. The van der Waals surface area contributed by atoms with Gasteiger partial charge in [0.15, 0.2) is 0 Å². The minimum atomic E-state index is -0.455. The molecule has 8 nitrogen and oxygen atoms in total. The zero-order chi connectivity index (χ0) is 20.9. The van der Waals surface area contributed by atoms with Crippen LogP contribution < -0.4 is 4.90 Å². The fourth-order valence-corrected chi connectivity index (χ4v) is 4.62. The van der Waals surface area contributed by atoms with E-state index in [0.717, 1.165) is 23.4 Å². The first-order valence-electron chi connectivity index (χ1n) is 10.2. The van der Waals surface area contributed by atoms with Gasteiger partial charge in [-0.25, -0.2) is 0 Å². The zero-order valence-electron chi connectivity index (χ0n) is 16.7. The van der Waals surface area contributed by atoms with Gasteiger partial charge in [0.05, 0.1) is 42.0 Å². The molecule has 2 aliphatic heterocycles. The van der Waals surface area contributed by atoms with E-state index in [2.05, 4.69) is 4.90 Å². The van der Waals surface area contributed by atoms with Gasteiger partial charge < -0.3 is 19.3 Å². The lowest BCUT2D eigenvalue weighted by molar-refractivity contribution is -0.384. The van der Waals surface area contributed by atoms with Crippen LogP contribution in [0.2, 0.25) is 0 Å². The molecule has 0 spiro atoms. The quantitative estimate of drug-likeness (QED) is 0.494. The summed E-state index contributed by atoms with van der Waals surface area (Å²) in [7, 11) is 0. The van der Waals surface area contributed by atoms with E-state index in [-0.39, 0.29) is 17.7 Å². The Labute approximate surface area is 179 Å². The smallest absolute Gasteiger partial charge is 0.270 e. The summed E-state index contributed by atoms with van der Waals surface area (Å²) in [5, 5.41) is 13.4. The second kappa shape index (κ2) is 9.55. The van der Waals surface area contributed by atoms with Crippen LogP contribution in [0.4, 0.5) is 11.4 Å². The molecule has 0 aliphatic carbocycles. The van der Waals surface area contributed by atoms with Crippen LogP contribution in [0.5, 0.6) is 0 Å². The average molecular weight is 432 g/mol. The molecule has 30 heavy (non-hydrogen) atoms. The molecule has 0 saturated carbocycles. The Morgan fingerprint density at radius 2 is 2.10 bits per heavy atom. The summed E-state index contributed by atoms with van der Waals surface area (Å²) < 4.78 is 11.2. The average Bonchev–Trinajstić information content (AvgIpc) is 3.47. The Hall–Kier alpha value is -2.49. The number of hydrogen-bond donors (Lipinski definition) is 0. The van der Waals surface area contributed by atoms with Crippen LogP contribution in [-0.2, 0) is 16.0 Å². The molecule has 0 N–H and O–H groups in total. The van der Waals surface area contributed by atoms with E-state index in [0.29, 0.717) is 51.6 Å². The Kier molecular flexibility index (Phi) is 6.61. The molecule has 1 amide bonds. The van der Waals surface area contributed by atoms with Crippen LogP contribution in [0.1, 0.15) is 28.1 Å². The number of hydrogen-bond acceptors (Lipinski definition) is 7. The van der Waals surface area contributed by atoms with Gasteiger partial charge >= 0.3 is 0 Å². The maximum absolute atomic E-state index is 13.7. The van der Waals surface area contributed by atoms with Crippen molar-refractivity contribution in [3.8, 4) is 0 Å². The van der Waals surface area contributed by atoms with Crippen molar-refractivity contribution in [1.29, 1.82) is 0 Å². The maximum atomic E-state index is 13.7. The summed E-state index contributed by atoms with van der Waals surface area (Å²) in [6.45, 7) is 4.08. The number of carbonyl (C=O) groups is 1. The van der Waals surface area contributed by atoms with Crippen molar-refractivity contribution >= 4 is 28.6 Å². The van der Waals surface area contributed by atoms with Crippen LogP contribution >= 0.6 is 11.3 Å². The molecule has 4 rings (SSSR count). The van der Waals surface area contributed by atoms with Crippen LogP contribution in [-0.4, -0.2) is 61.3 Å². The number of carbonyl (C=O) groups excluding carboxylic acids is 1. The molecule has 3 heterocycles. The van der Waals surface area contributed by atoms with Gasteiger partial charge in [-0.05, 0) is 30.4 Å². The first-order chi connectivity index (χ1) is 14.6. The summed E-state index contributed by atoms with van der Waals surface area (Å²) in [5.74, 6) is -0.205. The van der Waals surface area contributed by atoms with Gasteiger partial charge in [-0.3, -0.25) is 14.9 Å². The molecular formula is C21H25N3O5S. The van der Waals surface area contributed by atoms with E-state index >= 15 is 0 Å². The topological polar surface area (TPSA) is 85.1 Å². The molecule has 1 aromatic heterocycles. The molecule has 0 radical (unpaired) electrons. The fourth-order valence-electron chi connectivity index (χ4n) is 3.90. The van der Waals surface area contributed by atoms with Gasteiger partial charge in [0.25, 0.3) is 11.6 Å². The van der Waals surface area contributed by atoms with Crippen LogP contribution in [0, 0.1) is 10.1 Å². The third kappa shape index (κ3) is 4.80. The standard InChI is InChI=1S/C21H25N3O5S/c25-21(23(14-17-3-1-9-29-17)15-18-4-2-12-30-18)19-13-16(24(26)27)5-6-20(19)22-7-10-28-11-8-22/h2,4-6,12-13,17H,1,3,7-11,14-15H2. The second-order valence-electron chi connectivity index (χ2n) is 7.46. The molecule has 2 aliphatic rings. The zero-order valence-corrected chi connectivity index (χ0v) is 17.5. The molecule has 0 bridgehead atoms. The van der Waals surface area contributed by atoms with E-state index in [1.807, 2.05) is 17.5 Å². The Morgan fingerprint density at radius 3 is 2.77 bits per heavy atom. The van der Waals surface area contributed by atoms with Crippen molar-refractivity contribution in [3.63, 3.8) is 0 Å². The highest BCUT2D eigenvalue weighted by molar-refractivity contribution is 7.09. The third-order valence-electron chi connectivity index (χ3n) is 5.44. The van der Waals surface area contributed by atoms with E-state index in [1.54, 1.807) is 22.3 Å². The number of benzene rings is 1. The number of anilines is 1. The largest absolute Gasteiger partial charge is 0.378 e. The summed E-state index contributed by atoms with van der Waals surface area (Å²) >= 11 is 1.59. The molecule has 1 atom stereocenters. The number of rotatable bonds is 7. The van der Waals surface area contributed by atoms with Crippen LogP contribution in [0.25, 0.3) is 0 Å². The van der Waals surface area contributed by atoms with E-state index in [4.69, 9.17) is 9.47 Å². The van der Waals surface area contributed by atoms with Crippen molar-refractivity contribution in [1.82, 2.24) is 4.90 Å². The summed E-state index contributed by atoms with van der Waals surface area (Å²) in [4.78, 5) is 29.5. The lowest BCUT2D eigenvalue weighted by Gasteiger charge is -2.32. The number of non-ortho nitro benzene ring substituents is 1. The fraction of sp³-hybridized carbons (Fsp3) is 0.476. The van der Waals surface area contributed by atoms with Crippen molar-refractivity contribution in [3.05, 3.63) is 56.3 Å². The number of morpholine rings is 1. The second-order valence-corrected chi connectivity index (χ2v) is 8.49. The van der Waals surface area contributed by atoms with Gasteiger partial charge in [-0.2, -0.15) is 0 Å². The third-order valence-corrected chi connectivity index (χ3v) is 6.30. The van der Waals surface area contributed by atoms with Crippen molar-refractivity contribution in [2.45, 2.75) is 25.5 Å². The normalized spacial score (nSPS) is 19.1. The lowest BCUT2D eigenvalue weighted by atomic mass is 10.1. The van der Waals surface area contributed by atoms with E-state index in [9.17, 15) is 14.9 Å². The van der Waals surface area contributed by atoms with Crippen molar-refractivity contribution < 1.29 is 19.2 Å². The molecule has 1 aromatic carbocycles. The molecule has 1 unspecified atom stereocenters. The van der Waals surface area contributed by atoms with Gasteiger partial charge in [0.2, 0.25) is 0 Å². The first kappa shape index (κ1) is 20.8. The summed E-state index contributed by atoms with van der Waals surface area (Å²) in [6.07, 6.45) is 1.90. The highest BCUT2D eigenvalue weighted by Crippen LogP contribution is 2.29. The van der Waals surface area contributed by atoms with Gasteiger partial charge in [0, 0.05) is 43.3 Å². The van der Waals surface area contributed by atoms with Gasteiger partial charge in [-0.15, -0.1) is 11.3 Å². The molecule has 2 fully saturated rings. The number of thiophene rings is 1. The number of ether oxygens (including phenoxy) is 2.